The zero-order valence-corrected chi connectivity index (χ0v) is 10.2. The highest BCUT2D eigenvalue weighted by Gasteiger charge is 2.20. The van der Waals surface area contributed by atoms with Crippen molar-refractivity contribution in [3.05, 3.63) is 28.0 Å². The number of morpholine rings is 1. The fourth-order valence-electron chi connectivity index (χ4n) is 1.51. The van der Waals surface area contributed by atoms with Crippen LogP contribution in [0.4, 0.5) is 0 Å². The molecule has 0 aromatic carbocycles. The first-order valence-electron chi connectivity index (χ1n) is 4.39. The SMILES string of the molecule is Cl.Clc1cncc(Cl)c1[C@@H]1COCCN1. The van der Waals surface area contributed by atoms with E-state index in [2.05, 4.69) is 10.3 Å². The van der Waals surface area contributed by atoms with Crippen molar-refractivity contribution in [3.63, 3.8) is 0 Å². The van der Waals surface area contributed by atoms with E-state index in [1.165, 1.54) is 0 Å². The van der Waals surface area contributed by atoms with E-state index in [1.807, 2.05) is 0 Å². The van der Waals surface area contributed by atoms with E-state index in [-0.39, 0.29) is 18.4 Å². The summed E-state index contributed by atoms with van der Waals surface area (Å²) in [5.74, 6) is 0. The van der Waals surface area contributed by atoms with Gasteiger partial charge in [-0.1, -0.05) is 23.2 Å². The van der Waals surface area contributed by atoms with Crippen LogP contribution in [0.15, 0.2) is 12.4 Å². The van der Waals surface area contributed by atoms with Gasteiger partial charge in [0.05, 0.1) is 29.3 Å². The molecule has 0 unspecified atom stereocenters. The number of halogens is 3. The summed E-state index contributed by atoms with van der Waals surface area (Å²) in [4.78, 5) is 3.91. The van der Waals surface area contributed by atoms with Gasteiger partial charge in [-0.25, -0.2) is 0 Å². The van der Waals surface area contributed by atoms with Crippen molar-refractivity contribution in [1.29, 1.82) is 0 Å². The van der Waals surface area contributed by atoms with Crippen LogP contribution in [0, 0.1) is 0 Å². The lowest BCUT2D eigenvalue weighted by Gasteiger charge is -2.25. The van der Waals surface area contributed by atoms with Gasteiger partial charge in [0.2, 0.25) is 0 Å². The van der Waals surface area contributed by atoms with E-state index in [9.17, 15) is 0 Å². The van der Waals surface area contributed by atoms with Crippen LogP contribution in [-0.4, -0.2) is 24.7 Å². The third kappa shape index (κ3) is 2.95. The third-order valence-corrected chi connectivity index (χ3v) is 2.76. The van der Waals surface area contributed by atoms with Crippen molar-refractivity contribution >= 4 is 35.6 Å². The van der Waals surface area contributed by atoms with Crippen molar-refractivity contribution < 1.29 is 4.74 Å². The number of aromatic nitrogens is 1. The summed E-state index contributed by atoms with van der Waals surface area (Å²) in [6.07, 6.45) is 3.19. The van der Waals surface area contributed by atoms with E-state index in [4.69, 9.17) is 27.9 Å². The van der Waals surface area contributed by atoms with Crippen LogP contribution in [-0.2, 0) is 4.74 Å². The maximum absolute atomic E-state index is 6.02. The Bertz CT molecular complexity index is 309. The second-order valence-electron chi connectivity index (χ2n) is 3.10. The molecule has 0 spiro atoms. The number of nitrogens with zero attached hydrogens (tertiary/aromatic N) is 1. The van der Waals surface area contributed by atoms with Crippen LogP contribution in [0.1, 0.15) is 11.6 Å². The Labute approximate surface area is 105 Å². The van der Waals surface area contributed by atoms with E-state index in [0.29, 0.717) is 16.7 Å². The maximum Gasteiger partial charge on any atom is 0.0663 e. The lowest BCUT2D eigenvalue weighted by atomic mass is 10.1. The van der Waals surface area contributed by atoms with Crippen LogP contribution in [0.2, 0.25) is 10.0 Å². The average Bonchev–Trinajstić information content (AvgIpc) is 2.19. The fourth-order valence-corrected chi connectivity index (χ4v) is 2.13. The van der Waals surface area contributed by atoms with Crippen LogP contribution in [0.25, 0.3) is 0 Å². The van der Waals surface area contributed by atoms with Gasteiger partial charge in [0.15, 0.2) is 0 Å². The number of ether oxygens (including phenoxy) is 1. The summed E-state index contributed by atoms with van der Waals surface area (Å²) in [6, 6.07) is 0.0757. The molecule has 1 aromatic heterocycles. The summed E-state index contributed by atoms with van der Waals surface area (Å²) in [5, 5.41) is 4.46. The molecular weight excluding hydrogens is 258 g/mol. The van der Waals surface area contributed by atoms with E-state index >= 15 is 0 Å². The molecule has 1 fully saturated rings. The Balaban J connectivity index is 0.00000112. The molecule has 6 heteroatoms. The van der Waals surface area contributed by atoms with Crippen LogP contribution in [0.5, 0.6) is 0 Å². The molecule has 0 saturated carbocycles. The molecule has 0 amide bonds. The number of rotatable bonds is 1. The van der Waals surface area contributed by atoms with Gasteiger partial charge in [-0.15, -0.1) is 12.4 Å². The maximum atomic E-state index is 6.02. The first-order chi connectivity index (χ1) is 6.79. The molecule has 1 atom stereocenters. The van der Waals surface area contributed by atoms with Gasteiger partial charge in [-0.2, -0.15) is 0 Å². The molecule has 0 bridgehead atoms. The number of hydrogen-bond acceptors (Lipinski definition) is 3. The summed E-state index contributed by atoms with van der Waals surface area (Å²) in [5.41, 5.74) is 0.878. The largest absolute Gasteiger partial charge is 0.378 e. The highest BCUT2D eigenvalue weighted by Crippen LogP contribution is 2.30. The molecule has 15 heavy (non-hydrogen) atoms. The molecule has 3 nitrogen and oxygen atoms in total. The minimum atomic E-state index is 0. The predicted molar refractivity (Wildman–Crippen MR) is 63.1 cm³/mol. The van der Waals surface area contributed by atoms with Crippen LogP contribution in [0.3, 0.4) is 0 Å². The number of pyridine rings is 1. The molecule has 84 valence electrons. The molecule has 1 saturated heterocycles. The lowest BCUT2D eigenvalue weighted by molar-refractivity contribution is 0.0769. The normalized spacial score (nSPS) is 20.8. The molecule has 1 N–H and O–H groups in total. The van der Waals surface area contributed by atoms with Crippen molar-refractivity contribution in [1.82, 2.24) is 10.3 Å². The summed E-state index contributed by atoms with van der Waals surface area (Å²) >= 11 is 12.0. The van der Waals surface area contributed by atoms with Crippen molar-refractivity contribution in [3.8, 4) is 0 Å². The van der Waals surface area contributed by atoms with E-state index < -0.39 is 0 Å². The van der Waals surface area contributed by atoms with Crippen molar-refractivity contribution in [2.75, 3.05) is 19.8 Å². The van der Waals surface area contributed by atoms with Crippen LogP contribution >= 0.6 is 35.6 Å². The van der Waals surface area contributed by atoms with Gasteiger partial charge >= 0.3 is 0 Å². The first kappa shape index (κ1) is 13.0. The standard InChI is InChI=1S/C9H10Cl2N2O.ClH/c10-6-3-12-4-7(11)9(6)8-5-14-2-1-13-8;/h3-4,8,13H,1-2,5H2;1H/t8-;/m0./s1. The molecule has 1 aromatic rings. The predicted octanol–water partition coefficient (Wildman–Crippen LogP) is 2.47. The van der Waals surface area contributed by atoms with Crippen molar-refractivity contribution in [2.24, 2.45) is 0 Å². The summed E-state index contributed by atoms with van der Waals surface area (Å²) in [7, 11) is 0. The van der Waals surface area contributed by atoms with Gasteiger partial charge in [-0.3, -0.25) is 4.98 Å². The highest BCUT2D eigenvalue weighted by atomic mass is 35.5. The molecule has 2 rings (SSSR count). The Morgan fingerprint density at radius 1 is 1.33 bits per heavy atom. The van der Waals surface area contributed by atoms with E-state index in [0.717, 1.165) is 18.7 Å². The highest BCUT2D eigenvalue weighted by molar-refractivity contribution is 6.35. The summed E-state index contributed by atoms with van der Waals surface area (Å²) < 4.78 is 5.35. The monoisotopic (exact) mass is 268 g/mol. The van der Waals surface area contributed by atoms with E-state index in [1.54, 1.807) is 12.4 Å². The number of nitrogens with one attached hydrogen (secondary N) is 1. The Morgan fingerprint density at radius 2 is 2.00 bits per heavy atom. The topological polar surface area (TPSA) is 34.1 Å². The molecule has 1 aliphatic rings. The quantitative estimate of drug-likeness (QED) is 0.850. The Morgan fingerprint density at radius 3 is 2.53 bits per heavy atom. The second-order valence-corrected chi connectivity index (χ2v) is 3.91. The second kappa shape index (κ2) is 5.87. The molecular formula is C9H11Cl3N2O. The molecule has 2 heterocycles. The smallest absolute Gasteiger partial charge is 0.0663 e. The minimum absolute atomic E-state index is 0. The van der Waals surface area contributed by atoms with Gasteiger partial charge in [0, 0.05) is 24.5 Å². The zero-order chi connectivity index (χ0) is 9.97. The third-order valence-electron chi connectivity index (χ3n) is 2.16. The Kier molecular flexibility index (Phi) is 5.09. The molecule has 1 aliphatic heterocycles. The lowest BCUT2D eigenvalue weighted by Crippen LogP contribution is -2.34. The minimum Gasteiger partial charge on any atom is -0.378 e. The average molecular weight is 270 g/mol. The van der Waals surface area contributed by atoms with Gasteiger partial charge in [-0.05, 0) is 0 Å². The fraction of sp³-hybridized carbons (Fsp3) is 0.444. The molecule has 0 radical (unpaired) electrons. The Hall–Kier alpha value is -0.0600. The zero-order valence-electron chi connectivity index (χ0n) is 7.87. The van der Waals surface area contributed by atoms with Gasteiger partial charge in [0.1, 0.15) is 0 Å². The summed E-state index contributed by atoms with van der Waals surface area (Å²) in [6.45, 7) is 2.15. The van der Waals surface area contributed by atoms with Gasteiger partial charge in [0.25, 0.3) is 0 Å². The first-order valence-corrected chi connectivity index (χ1v) is 5.14. The molecule has 0 aliphatic carbocycles. The number of hydrogen-bond donors (Lipinski definition) is 1. The van der Waals surface area contributed by atoms with Crippen LogP contribution < -0.4 is 5.32 Å². The van der Waals surface area contributed by atoms with Crippen molar-refractivity contribution in [2.45, 2.75) is 6.04 Å². The van der Waals surface area contributed by atoms with Gasteiger partial charge < -0.3 is 10.1 Å².